The van der Waals surface area contributed by atoms with Crippen LogP contribution < -0.4 is 0 Å². The smallest absolute Gasteiger partial charge is 0.307 e. The molecule has 0 radical (unpaired) electrons. The third-order valence-electron chi connectivity index (χ3n) is 2.78. The standard InChI is InChI=1S/C10H14N4O4/c15-4-3-13(8-1-2-8)10(16)7-12-6-9(5-11-12)14(17)18/h5-6,8,15H,1-4,7H2. The van der Waals surface area contributed by atoms with Gasteiger partial charge >= 0.3 is 5.69 Å². The summed E-state index contributed by atoms with van der Waals surface area (Å²) in [5.41, 5.74) is -0.136. The first-order chi connectivity index (χ1) is 8.61. The summed E-state index contributed by atoms with van der Waals surface area (Å²) < 4.78 is 1.24. The lowest BCUT2D eigenvalue weighted by Gasteiger charge is -2.21. The van der Waals surface area contributed by atoms with Crippen LogP contribution >= 0.6 is 0 Å². The van der Waals surface area contributed by atoms with E-state index < -0.39 is 4.92 Å². The van der Waals surface area contributed by atoms with Crippen molar-refractivity contribution in [2.24, 2.45) is 0 Å². The van der Waals surface area contributed by atoms with E-state index in [1.807, 2.05) is 0 Å². The van der Waals surface area contributed by atoms with Crippen LogP contribution in [0.1, 0.15) is 12.8 Å². The topological polar surface area (TPSA) is 102 Å². The highest BCUT2D eigenvalue weighted by Crippen LogP contribution is 2.26. The Morgan fingerprint density at radius 1 is 1.67 bits per heavy atom. The molecule has 2 rings (SSSR count). The van der Waals surface area contributed by atoms with Gasteiger partial charge in [0.05, 0.1) is 11.5 Å². The summed E-state index contributed by atoms with van der Waals surface area (Å²) in [6, 6.07) is 0.204. The van der Waals surface area contributed by atoms with Crippen molar-refractivity contribution >= 4 is 11.6 Å². The van der Waals surface area contributed by atoms with Crippen molar-refractivity contribution in [3.05, 3.63) is 22.5 Å². The van der Waals surface area contributed by atoms with Gasteiger partial charge in [-0.1, -0.05) is 0 Å². The molecule has 1 amide bonds. The molecule has 8 heteroatoms. The number of hydrogen-bond donors (Lipinski definition) is 1. The molecule has 0 aliphatic heterocycles. The molecule has 1 aliphatic rings. The van der Waals surface area contributed by atoms with Crippen LogP contribution in [0.3, 0.4) is 0 Å². The van der Waals surface area contributed by atoms with Gasteiger partial charge in [-0.2, -0.15) is 5.10 Å². The van der Waals surface area contributed by atoms with Gasteiger partial charge in [-0.05, 0) is 12.8 Å². The molecule has 1 aromatic rings. The first kappa shape index (κ1) is 12.5. The number of carbonyl (C=O) groups is 1. The molecule has 8 nitrogen and oxygen atoms in total. The number of aliphatic hydroxyl groups is 1. The minimum Gasteiger partial charge on any atom is -0.395 e. The predicted octanol–water partition coefficient (Wildman–Crippen LogP) is -0.225. The van der Waals surface area contributed by atoms with Crippen molar-refractivity contribution in [3.63, 3.8) is 0 Å². The molecule has 0 saturated heterocycles. The first-order valence-electron chi connectivity index (χ1n) is 5.69. The van der Waals surface area contributed by atoms with E-state index in [0.717, 1.165) is 19.0 Å². The average Bonchev–Trinajstić information content (AvgIpc) is 3.05. The van der Waals surface area contributed by atoms with Crippen molar-refractivity contribution in [2.45, 2.75) is 25.4 Å². The normalized spacial score (nSPS) is 14.5. The van der Waals surface area contributed by atoms with Crippen LogP contribution in [0.5, 0.6) is 0 Å². The number of hydrogen-bond acceptors (Lipinski definition) is 5. The quantitative estimate of drug-likeness (QED) is 0.558. The molecule has 18 heavy (non-hydrogen) atoms. The van der Waals surface area contributed by atoms with Crippen LogP contribution in [0.2, 0.25) is 0 Å². The summed E-state index contributed by atoms with van der Waals surface area (Å²) in [5, 5.41) is 23.1. The number of carbonyl (C=O) groups excluding carboxylic acids is 1. The molecule has 0 atom stereocenters. The molecule has 0 bridgehead atoms. The molecule has 0 spiro atoms. The van der Waals surface area contributed by atoms with Crippen LogP contribution in [0, 0.1) is 10.1 Å². The van der Waals surface area contributed by atoms with E-state index >= 15 is 0 Å². The minimum atomic E-state index is -0.555. The molecular formula is C10H14N4O4. The second-order valence-corrected chi connectivity index (χ2v) is 4.20. The van der Waals surface area contributed by atoms with Gasteiger partial charge < -0.3 is 10.0 Å². The van der Waals surface area contributed by atoms with E-state index in [1.165, 1.54) is 10.9 Å². The number of aliphatic hydroxyl groups excluding tert-OH is 1. The average molecular weight is 254 g/mol. The maximum Gasteiger partial charge on any atom is 0.307 e. The van der Waals surface area contributed by atoms with Gasteiger partial charge in [-0.25, -0.2) is 0 Å². The summed E-state index contributed by atoms with van der Waals surface area (Å²) in [6.45, 7) is 0.179. The monoisotopic (exact) mass is 254 g/mol. The number of nitrogens with zero attached hydrogens (tertiary/aromatic N) is 4. The van der Waals surface area contributed by atoms with Gasteiger partial charge in [-0.3, -0.25) is 19.6 Å². The fraction of sp³-hybridized carbons (Fsp3) is 0.600. The molecule has 1 fully saturated rings. The lowest BCUT2D eigenvalue weighted by Crippen LogP contribution is -2.37. The Labute approximate surface area is 103 Å². The Kier molecular flexibility index (Phi) is 3.56. The molecule has 0 aromatic carbocycles. The second-order valence-electron chi connectivity index (χ2n) is 4.20. The number of amides is 1. The van der Waals surface area contributed by atoms with Crippen molar-refractivity contribution in [1.29, 1.82) is 0 Å². The van der Waals surface area contributed by atoms with E-state index in [-0.39, 0.29) is 30.8 Å². The van der Waals surface area contributed by atoms with Crippen molar-refractivity contribution in [1.82, 2.24) is 14.7 Å². The highest BCUT2D eigenvalue weighted by molar-refractivity contribution is 5.76. The highest BCUT2D eigenvalue weighted by Gasteiger charge is 2.32. The number of aromatic nitrogens is 2. The van der Waals surface area contributed by atoms with E-state index in [2.05, 4.69) is 5.10 Å². The van der Waals surface area contributed by atoms with Crippen LogP contribution in [0.4, 0.5) is 5.69 Å². The predicted molar refractivity (Wildman–Crippen MR) is 60.7 cm³/mol. The number of nitro groups is 1. The zero-order valence-corrected chi connectivity index (χ0v) is 9.73. The fourth-order valence-corrected chi connectivity index (χ4v) is 1.77. The minimum absolute atomic E-state index is 0.0374. The Morgan fingerprint density at radius 2 is 2.39 bits per heavy atom. The molecular weight excluding hydrogens is 240 g/mol. The maximum atomic E-state index is 11.9. The molecule has 1 heterocycles. The number of rotatable bonds is 6. The van der Waals surface area contributed by atoms with Crippen LogP contribution in [-0.4, -0.2) is 49.8 Å². The van der Waals surface area contributed by atoms with E-state index in [1.54, 1.807) is 4.90 Å². The van der Waals surface area contributed by atoms with Gasteiger partial charge in [0.15, 0.2) is 0 Å². The van der Waals surface area contributed by atoms with Crippen LogP contribution in [0.25, 0.3) is 0 Å². The molecule has 1 N–H and O–H groups in total. The van der Waals surface area contributed by atoms with Gasteiger partial charge in [0.2, 0.25) is 5.91 Å². The summed E-state index contributed by atoms with van der Waals surface area (Å²) in [5.74, 6) is -0.176. The van der Waals surface area contributed by atoms with Crippen molar-refractivity contribution < 1.29 is 14.8 Å². The lowest BCUT2D eigenvalue weighted by atomic mass is 10.4. The first-order valence-corrected chi connectivity index (χ1v) is 5.69. The van der Waals surface area contributed by atoms with Gasteiger partial charge in [-0.15, -0.1) is 0 Å². The third kappa shape index (κ3) is 2.83. The second kappa shape index (κ2) is 5.13. The summed E-state index contributed by atoms with van der Waals surface area (Å²) >= 11 is 0. The molecule has 1 aliphatic carbocycles. The van der Waals surface area contributed by atoms with Gasteiger partial charge in [0.25, 0.3) is 0 Å². The Balaban J connectivity index is 1.98. The van der Waals surface area contributed by atoms with Crippen molar-refractivity contribution in [3.8, 4) is 0 Å². The molecule has 98 valence electrons. The highest BCUT2D eigenvalue weighted by atomic mass is 16.6. The van der Waals surface area contributed by atoms with Crippen molar-refractivity contribution in [2.75, 3.05) is 13.2 Å². The largest absolute Gasteiger partial charge is 0.395 e. The Hall–Kier alpha value is -1.96. The Morgan fingerprint density at radius 3 is 2.89 bits per heavy atom. The van der Waals surface area contributed by atoms with E-state index in [0.29, 0.717) is 6.54 Å². The van der Waals surface area contributed by atoms with E-state index in [9.17, 15) is 14.9 Å². The zero-order chi connectivity index (χ0) is 13.1. The van der Waals surface area contributed by atoms with Crippen LogP contribution in [-0.2, 0) is 11.3 Å². The third-order valence-corrected chi connectivity index (χ3v) is 2.78. The van der Waals surface area contributed by atoms with Gasteiger partial charge in [0, 0.05) is 12.6 Å². The van der Waals surface area contributed by atoms with Gasteiger partial charge in [0.1, 0.15) is 18.9 Å². The maximum absolute atomic E-state index is 11.9. The Bertz CT molecular complexity index is 454. The summed E-state index contributed by atoms with van der Waals surface area (Å²) in [6.07, 6.45) is 4.23. The summed E-state index contributed by atoms with van der Waals surface area (Å²) in [4.78, 5) is 23.5. The summed E-state index contributed by atoms with van der Waals surface area (Å²) in [7, 11) is 0. The van der Waals surface area contributed by atoms with E-state index in [4.69, 9.17) is 5.11 Å². The van der Waals surface area contributed by atoms with Crippen LogP contribution in [0.15, 0.2) is 12.4 Å². The fourth-order valence-electron chi connectivity index (χ4n) is 1.77. The molecule has 0 unspecified atom stereocenters. The SMILES string of the molecule is O=C(Cn1cc([N+](=O)[O-])cn1)N(CCO)C1CC1. The lowest BCUT2D eigenvalue weighted by molar-refractivity contribution is -0.385. The molecule has 1 saturated carbocycles. The zero-order valence-electron chi connectivity index (χ0n) is 9.73. The molecule has 1 aromatic heterocycles.